The van der Waals surface area contributed by atoms with Gasteiger partial charge in [-0.25, -0.2) is 12.8 Å². The number of aryl methyl sites for hydroxylation is 2. The highest BCUT2D eigenvalue weighted by molar-refractivity contribution is 7.92. The van der Waals surface area contributed by atoms with Gasteiger partial charge in [-0.15, -0.1) is 0 Å². The maximum Gasteiger partial charge on any atom is 0.273 e. The fraction of sp³-hybridized carbons (Fsp3) is 0.0952. The summed E-state index contributed by atoms with van der Waals surface area (Å²) in [5.74, 6) is -1.13. The number of carbonyl (C=O) groups is 1. The molecule has 1 amide bonds. The molecule has 0 aromatic heterocycles. The van der Waals surface area contributed by atoms with Crippen molar-refractivity contribution in [2.24, 2.45) is 0 Å². The van der Waals surface area contributed by atoms with Crippen LogP contribution in [-0.4, -0.2) is 19.2 Å². The second kappa shape index (κ2) is 8.52. The Balaban J connectivity index is 1.76. The normalized spacial score (nSPS) is 11.1. The summed E-state index contributed by atoms with van der Waals surface area (Å²) in [6.45, 7) is 3.23. The highest BCUT2D eigenvalue weighted by Gasteiger charge is 2.20. The van der Waals surface area contributed by atoms with Gasteiger partial charge in [0.15, 0.2) is 0 Å². The van der Waals surface area contributed by atoms with Crippen molar-refractivity contribution in [3.05, 3.63) is 93.3 Å². The summed E-state index contributed by atoms with van der Waals surface area (Å²) < 4.78 is 41.3. The molecule has 0 aliphatic rings. The summed E-state index contributed by atoms with van der Waals surface area (Å²) in [6.07, 6.45) is 0. The van der Waals surface area contributed by atoms with Crippen LogP contribution in [0.1, 0.15) is 21.5 Å². The predicted molar refractivity (Wildman–Crippen MR) is 114 cm³/mol. The zero-order valence-corrected chi connectivity index (χ0v) is 17.4. The van der Waals surface area contributed by atoms with Crippen molar-refractivity contribution in [1.82, 2.24) is 0 Å². The lowest BCUT2D eigenvalue weighted by atomic mass is 10.1. The highest BCUT2D eigenvalue weighted by Crippen LogP contribution is 2.24. The quantitative estimate of drug-likeness (QED) is 0.432. The SMILES string of the molecule is Cc1ccc(NC(=O)c2ccc(NS(=O)(=O)c3ccc(C)c([N+](=O)[O-])c3)cc2)c(F)c1. The molecule has 0 heterocycles. The number of anilines is 2. The first-order valence-electron chi connectivity index (χ1n) is 9.02. The number of sulfonamides is 1. The van der Waals surface area contributed by atoms with Gasteiger partial charge in [-0.2, -0.15) is 0 Å². The number of nitrogens with zero attached hydrogens (tertiary/aromatic N) is 1. The smallest absolute Gasteiger partial charge is 0.273 e. The Morgan fingerprint density at radius 2 is 1.68 bits per heavy atom. The molecular weight excluding hydrogens is 425 g/mol. The van der Waals surface area contributed by atoms with Crippen LogP contribution in [0.2, 0.25) is 0 Å². The molecule has 0 fully saturated rings. The second-order valence-electron chi connectivity index (χ2n) is 6.83. The minimum absolute atomic E-state index is 0.0290. The van der Waals surface area contributed by atoms with E-state index in [1.807, 2.05) is 0 Å². The minimum Gasteiger partial charge on any atom is -0.319 e. The van der Waals surface area contributed by atoms with E-state index < -0.39 is 26.7 Å². The first-order valence-corrected chi connectivity index (χ1v) is 10.5. The Hall–Kier alpha value is -3.79. The van der Waals surface area contributed by atoms with Crippen molar-refractivity contribution in [3.63, 3.8) is 0 Å². The van der Waals surface area contributed by atoms with E-state index in [0.717, 1.165) is 6.07 Å². The number of amides is 1. The molecule has 160 valence electrons. The third kappa shape index (κ3) is 5.04. The Morgan fingerprint density at radius 3 is 2.29 bits per heavy atom. The van der Waals surface area contributed by atoms with E-state index in [9.17, 15) is 27.7 Å². The molecule has 0 saturated carbocycles. The van der Waals surface area contributed by atoms with Crippen molar-refractivity contribution >= 4 is 33.0 Å². The van der Waals surface area contributed by atoms with Gasteiger partial charge in [0.1, 0.15) is 5.82 Å². The second-order valence-corrected chi connectivity index (χ2v) is 8.51. The Kier molecular flexibility index (Phi) is 6.02. The van der Waals surface area contributed by atoms with Crippen molar-refractivity contribution in [2.45, 2.75) is 18.7 Å². The number of nitro groups is 1. The molecular formula is C21H18FN3O5S. The van der Waals surface area contributed by atoms with Gasteiger partial charge in [0.2, 0.25) is 0 Å². The van der Waals surface area contributed by atoms with Crippen LogP contribution in [-0.2, 0) is 10.0 Å². The van der Waals surface area contributed by atoms with Crippen molar-refractivity contribution < 1.29 is 22.5 Å². The van der Waals surface area contributed by atoms with Gasteiger partial charge in [0.25, 0.3) is 21.6 Å². The zero-order valence-electron chi connectivity index (χ0n) is 16.5. The minimum atomic E-state index is -4.08. The molecule has 3 rings (SSSR count). The lowest BCUT2D eigenvalue weighted by Crippen LogP contribution is -2.15. The van der Waals surface area contributed by atoms with E-state index in [2.05, 4.69) is 10.0 Å². The van der Waals surface area contributed by atoms with E-state index >= 15 is 0 Å². The van der Waals surface area contributed by atoms with Gasteiger partial charge in [-0.1, -0.05) is 12.1 Å². The number of carbonyl (C=O) groups excluding carboxylic acids is 1. The Morgan fingerprint density at radius 1 is 1.00 bits per heavy atom. The fourth-order valence-electron chi connectivity index (χ4n) is 2.77. The summed E-state index contributed by atoms with van der Waals surface area (Å²) in [7, 11) is -4.08. The fourth-order valence-corrected chi connectivity index (χ4v) is 3.85. The molecule has 0 spiro atoms. The molecule has 0 aliphatic heterocycles. The van der Waals surface area contributed by atoms with Crippen LogP contribution < -0.4 is 10.0 Å². The highest BCUT2D eigenvalue weighted by atomic mass is 32.2. The first-order chi connectivity index (χ1) is 14.6. The van der Waals surface area contributed by atoms with Crippen LogP contribution in [0.25, 0.3) is 0 Å². The summed E-state index contributed by atoms with van der Waals surface area (Å²) in [5, 5.41) is 13.5. The monoisotopic (exact) mass is 443 g/mol. The lowest BCUT2D eigenvalue weighted by molar-refractivity contribution is -0.385. The third-order valence-electron chi connectivity index (χ3n) is 4.46. The third-order valence-corrected chi connectivity index (χ3v) is 5.84. The molecule has 2 N–H and O–H groups in total. The maximum atomic E-state index is 13.9. The predicted octanol–water partition coefficient (Wildman–Crippen LogP) is 4.40. The number of hydrogen-bond donors (Lipinski definition) is 2. The van der Waals surface area contributed by atoms with E-state index in [0.29, 0.717) is 11.1 Å². The lowest BCUT2D eigenvalue weighted by Gasteiger charge is -2.10. The zero-order chi connectivity index (χ0) is 22.8. The maximum absolute atomic E-state index is 13.9. The molecule has 10 heteroatoms. The number of hydrogen-bond acceptors (Lipinski definition) is 5. The van der Waals surface area contributed by atoms with Gasteiger partial charge >= 0.3 is 0 Å². The van der Waals surface area contributed by atoms with Crippen molar-refractivity contribution in [3.8, 4) is 0 Å². The average molecular weight is 443 g/mol. The van der Waals surface area contributed by atoms with Crippen molar-refractivity contribution in [2.75, 3.05) is 10.0 Å². The van der Waals surface area contributed by atoms with Crippen LogP contribution in [0, 0.1) is 29.8 Å². The molecule has 0 unspecified atom stereocenters. The molecule has 0 aliphatic carbocycles. The van der Waals surface area contributed by atoms with Crippen LogP contribution in [0.15, 0.2) is 65.6 Å². The number of halogens is 1. The molecule has 0 atom stereocenters. The largest absolute Gasteiger partial charge is 0.319 e. The first kappa shape index (κ1) is 21.9. The summed E-state index contributed by atoms with van der Waals surface area (Å²) in [4.78, 5) is 22.5. The summed E-state index contributed by atoms with van der Waals surface area (Å²) in [6, 6.07) is 13.5. The van der Waals surface area contributed by atoms with Crippen LogP contribution in [0.4, 0.5) is 21.5 Å². The molecule has 8 nitrogen and oxygen atoms in total. The molecule has 31 heavy (non-hydrogen) atoms. The van der Waals surface area contributed by atoms with E-state index in [1.54, 1.807) is 13.0 Å². The summed E-state index contributed by atoms with van der Waals surface area (Å²) in [5.41, 5.74) is 1.12. The van der Waals surface area contributed by atoms with E-state index in [4.69, 9.17) is 0 Å². The van der Waals surface area contributed by atoms with E-state index in [1.165, 1.54) is 55.5 Å². The Labute approximate surface area is 177 Å². The van der Waals surface area contributed by atoms with Crippen LogP contribution in [0.3, 0.4) is 0 Å². The van der Waals surface area contributed by atoms with Crippen LogP contribution in [0.5, 0.6) is 0 Å². The molecule has 3 aromatic rings. The van der Waals surface area contributed by atoms with E-state index in [-0.39, 0.29) is 27.5 Å². The average Bonchev–Trinajstić information content (AvgIpc) is 2.70. The van der Waals surface area contributed by atoms with Gasteiger partial charge < -0.3 is 5.32 Å². The standard InChI is InChI=1S/C21H18FN3O5S/c1-13-3-10-19(18(22)11-13)23-21(26)15-5-7-16(8-6-15)24-31(29,30)17-9-4-14(2)20(12-17)25(27)28/h3-12,24H,1-2H3,(H,23,26). The molecule has 0 saturated heterocycles. The number of nitro benzene ring substituents is 1. The van der Waals surface area contributed by atoms with Gasteiger partial charge in [-0.3, -0.25) is 19.6 Å². The molecule has 3 aromatic carbocycles. The molecule has 0 bridgehead atoms. The van der Waals surface area contributed by atoms with Crippen LogP contribution >= 0.6 is 0 Å². The van der Waals surface area contributed by atoms with Gasteiger partial charge in [-0.05, 0) is 61.9 Å². The molecule has 0 radical (unpaired) electrons. The van der Waals surface area contributed by atoms with Gasteiger partial charge in [0.05, 0.1) is 15.5 Å². The number of rotatable bonds is 6. The van der Waals surface area contributed by atoms with Crippen molar-refractivity contribution in [1.29, 1.82) is 0 Å². The Bertz CT molecular complexity index is 1270. The number of benzene rings is 3. The number of nitrogens with one attached hydrogen (secondary N) is 2. The summed E-state index contributed by atoms with van der Waals surface area (Å²) >= 11 is 0. The van der Waals surface area contributed by atoms with Gasteiger partial charge in [0, 0.05) is 22.9 Å². The topological polar surface area (TPSA) is 118 Å².